The second kappa shape index (κ2) is 7.65. The zero-order valence-corrected chi connectivity index (χ0v) is 14.7. The lowest BCUT2D eigenvalue weighted by Gasteiger charge is -2.13. The summed E-state index contributed by atoms with van der Waals surface area (Å²) in [6.07, 6.45) is 3.62. The molecule has 0 unspecified atom stereocenters. The second-order valence-corrected chi connectivity index (χ2v) is 6.08. The van der Waals surface area contributed by atoms with E-state index < -0.39 is 0 Å². The average molecular weight is 348 g/mol. The monoisotopic (exact) mass is 348 g/mol. The van der Waals surface area contributed by atoms with E-state index in [0.29, 0.717) is 23.5 Å². The lowest BCUT2D eigenvalue weighted by atomic mass is 10.1. The minimum absolute atomic E-state index is 0.188. The highest BCUT2D eigenvalue weighted by Crippen LogP contribution is 2.24. The predicted molar refractivity (Wildman–Crippen MR) is 101 cm³/mol. The van der Waals surface area contributed by atoms with Crippen LogP contribution in [0.15, 0.2) is 60.9 Å². The number of hydrogen-bond donors (Lipinski definition) is 2. The molecule has 2 N–H and O–H groups in total. The van der Waals surface area contributed by atoms with Gasteiger partial charge in [0, 0.05) is 24.9 Å². The van der Waals surface area contributed by atoms with Crippen molar-refractivity contribution in [1.82, 2.24) is 9.78 Å². The number of carbonyl (C=O) groups excluding carboxylic acids is 2. The van der Waals surface area contributed by atoms with Crippen molar-refractivity contribution in [2.45, 2.75) is 20.4 Å². The highest BCUT2D eigenvalue weighted by atomic mass is 16.2. The van der Waals surface area contributed by atoms with Crippen molar-refractivity contribution in [2.24, 2.45) is 0 Å². The maximum Gasteiger partial charge on any atom is 0.255 e. The molecule has 1 heterocycles. The number of nitrogens with zero attached hydrogens (tertiary/aromatic N) is 2. The lowest BCUT2D eigenvalue weighted by Crippen LogP contribution is -2.15. The fourth-order valence-electron chi connectivity index (χ4n) is 2.60. The molecule has 0 spiro atoms. The molecular weight excluding hydrogens is 328 g/mol. The van der Waals surface area contributed by atoms with E-state index in [4.69, 9.17) is 0 Å². The zero-order chi connectivity index (χ0) is 18.5. The summed E-state index contributed by atoms with van der Waals surface area (Å²) in [5, 5.41) is 9.76. The van der Waals surface area contributed by atoms with Crippen LogP contribution in [0.2, 0.25) is 0 Å². The van der Waals surface area contributed by atoms with Gasteiger partial charge >= 0.3 is 0 Å². The molecule has 0 bridgehead atoms. The summed E-state index contributed by atoms with van der Waals surface area (Å²) in [6.45, 7) is 4.01. The zero-order valence-electron chi connectivity index (χ0n) is 14.7. The van der Waals surface area contributed by atoms with Crippen molar-refractivity contribution < 1.29 is 9.59 Å². The van der Waals surface area contributed by atoms with Gasteiger partial charge in [0.25, 0.3) is 5.91 Å². The Morgan fingerprint density at radius 3 is 2.46 bits per heavy atom. The molecule has 2 amide bonds. The molecule has 0 radical (unpaired) electrons. The Morgan fingerprint density at radius 1 is 1.04 bits per heavy atom. The number of carbonyl (C=O) groups is 2. The van der Waals surface area contributed by atoms with E-state index in [1.165, 1.54) is 6.92 Å². The Hall–Kier alpha value is -3.41. The van der Waals surface area contributed by atoms with Gasteiger partial charge in [0.05, 0.1) is 17.9 Å². The molecule has 0 fully saturated rings. The summed E-state index contributed by atoms with van der Waals surface area (Å²) in [5.74, 6) is -0.417. The number of aryl methyl sites for hydroxylation is 1. The van der Waals surface area contributed by atoms with Gasteiger partial charge in [-0.3, -0.25) is 14.3 Å². The third-order valence-electron chi connectivity index (χ3n) is 3.85. The second-order valence-electron chi connectivity index (χ2n) is 6.08. The molecule has 132 valence electrons. The Morgan fingerprint density at radius 2 is 1.81 bits per heavy atom. The summed E-state index contributed by atoms with van der Waals surface area (Å²) in [6, 6.07) is 14.7. The largest absolute Gasteiger partial charge is 0.325 e. The molecule has 0 atom stereocenters. The number of nitrogens with one attached hydrogen (secondary N) is 2. The lowest BCUT2D eigenvalue weighted by molar-refractivity contribution is -0.114. The van der Waals surface area contributed by atoms with Gasteiger partial charge in [0.15, 0.2) is 0 Å². The number of hydrogen-bond acceptors (Lipinski definition) is 3. The average Bonchev–Trinajstić information content (AvgIpc) is 3.10. The van der Waals surface area contributed by atoms with Gasteiger partial charge in [-0.15, -0.1) is 0 Å². The van der Waals surface area contributed by atoms with Crippen LogP contribution in [0.4, 0.5) is 11.4 Å². The molecule has 0 aliphatic carbocycles. The minimum Gasteiger partial charge on any atom is -0.325 e. The van der Waals surface area contributed by atoms with E-state index >= 15 is 0 Å². The predicted octanol–water partition coefficient (Wildman–Crippen LogP) is 3.45. The summed E-state index contributed by atoms with van der Waals surface area (Å²) >= 11 is 0. The highest BCUT2D eigenvalue weighted by molar-refractivity contribution is 6.07. The quantitative estimate of drug-likeness (QED) is 0.741. The van der Waals surface area contributed by atoms with Crippen LogP contribution < -0.4 is 10.6 Å². The molecular formula is C20H20N4O2. The van der Waals surface area contributed by atoms with E-state index in [-0.39, 0.29) is 11.8 Å². The smallest absolute Gasteiger partial charge is 0.255 e. The molecule has 0 saturated carbocycles. The summed E-state index contributed by atoms with van der Waals surface area (Å²) < 4.78 is 1.82. The van der Waals surface area contributed by atoms with Crippen LogP contribution >= 0.6 is 0 Å². The van der Waals surface area contributed by atoms with Crippen LogP contribution in [0.1, 0.15) is 28.4 Å². The van der Waals surface area contributed by atoms with Crippen LogP contribution in [0.25, 0.3) is 0 Å². The number of benzene rings is 2. The Balaban J connectivity index is 1.73. The van der Waals surface area contributed by atoms with E-state index in [2.05, 4.69) is 15.7 Å². The third kappa shape index (κ3) is 4.36. The number of anilines is 2. The van der Waals surface area contributed by atoms with Gasteiger partial charge in [-0.25, -0.2) is 0 Å². The standard InChI is InChI=1S/C20H20N4O2/c1-14-4-9-18(22-15(2)25)19(12-14)23-20(26)17-7-5-16(6-8-17)13-24-11-3-10-21-24/h3-12H,13H2,1-2H3,(H,22,25)(H,23,26). The van der Waals surface area contributed by atoms with Gasteiger partial charge in [0.2, 0.25) is 5.91 Å². The summed E-state index contributed by atoms with van der Waals surface area (Å²) in [7, 11) is 0. The molecule has 26 heavy (non-hydrogen) atoms. The van der Waals surface area contributed by atoms with E-state index in [0.717, 1.165) is 11.1 Å². The summed E-state index contributed by atoms with van der Waals surface area (Å²) in [5.41, 5.74) is 3.74. The van der Waals surface area contributed by atoms with Gasteiger partial charge in [0.1, 0.15) is 0 Å². The first-order valence-corrected chi connectivity index (χ1v) is 8.27. The maximum atomic E-state index is 12.6. The molecule has 6 heteroatoms. The third-order valence-corrected chi connectivity index (χ3v) is 3.85. The van der Waals surface area contributed by atoms with Crippen LogP contribution in [-0.4, -0.2) is 21.6 Å². The summed E-state index contributed by atoms with van der Waals surface area (Å²) in [4.78, 5) is 23.9. The maximum absolute atomic E-state index is 12.6. The molecule has 0 aliphatic heterocycles. The van der Waals surface area contributed by atoms with Crippen LogP contribution in [0.3, 0.4) is 0 Å². The Labute approximate surface area is 151 Å². The van der Waals surface area contributed by atoms with Crippen molar-refractivity contribution >= 4 is 23.2 Å². The molecule has 0 saturated heterocycles. The van der Waals surface area contributed by atoms with Crippen molar-refractivity contribution in [2.75, 3.05) is 10.6 Å². The van der Waals surface area contributed by atoms with Gasteiger partial charge in [-0.2, -0.15) is 5.10 Å². The fraction of sp³-hybridized carbons (Fsp3) is 0.150. The topological polar surface area (TPSA) is 76.0 Å². The van der Waals surface area contributed by atoms with E-state index in [1.807, 2.05) is 48.1 Å². The first kappa shape index (κ1) is 17.4. The van der Waals surface area contributed by atoms with Gasteiger partial charge in [-0.05, 0) is 48.4 Å². The van der Waals surface area contributed by atoms with Gasteiger partial charge in [-0.1, -0.05) is 18.2 Å². The molecule has 3 aromatic rings. The number of rotatable bonds is 5. The Kier molecular flexibility index (Phi) is 5.12. The number of amides is 2. The molecule has 6 nitrogen and oxygen atoms in total. The molecule has 1 aromatic heterocycles. The van der Waals surface area contributed by atoms with Crippen molar-refractivity contribution in [3.8, 4) is 0 Å². The molecule has 3 rings (SSSR count). The van der Waals surface area contributed by atoms with Crippen molar-refractivity contribution in [3.05, 3.63) is 77.6 Å². The normalized spacial score (nSPS) is 10.4. The first-order chi connectivity index (χ1) is 12.5. The SMILES string of the molecule is CC(=O)Nc1ccc(C)cc1NC(=O)c1ccc(Cn2cccn2)cc1. The van der Waals surface area contributed by atoms with E-state index in [1.54, 1.807) is 24.4 Å². The molecule has 0 aliphatic rings. The first-order valence-electron chi connectivity index (χ1n) is 8.27. The van der Waals surface area contributed by atoms with Crippen molar-refractivity contribution in [1.29, 1.82) is 0 Å². The van der Waals surface area contributed by atoms with Gasteiger partial charge < -0.3 is 10.6 Å². The van der Waals surface area contributed by atoms with Crippen molar-refractivity contribution in [3.63, 3.8) is 0 Å². The van der Waals surface area contributed by atoms with E-state index in [9.17, 15) is 9.59 Å². The Bertz CT molecular complexity index is 915. The highest BCUT2D eigenvalue weighted by Gasteiger charge is 2.10. The van der Waals surface area contributed by atoms with Crippen LogP contribution in [-0.2, 0) is 11.3 Å². The number of aromatic nitrogens is 2. The van der Waals surface area contributed by atoms with Crippen LogP contribution in [0, 0.1) is 6.92 Å². The minimum atomic E-state index is -0.229. The fourth-order valence-corrected chi connectivity index (χ4v) is 2.60. The molecule has 2 aromatic carbocycles. The van der Waals surface area contributed by atoms with Crippen LogP contribution in [0.5, 0.6) is 0 Å².